The van der Waals surface area contributed by atoms with Crippen LogP contribution in [0.15, 0.2) is 18.2 Å². The highest BCUT2D eigenvalue weighted by Crippen LogP contribution is 2.27. The Bertz CT molecular complexity index is 576. The molecule has 0 spiro atoms. The maximum Gasteiger partial charge on any atom is 0.390 e. The number of anilines is 1. The van der Waals surface area contributed by atoms with Crippen LogP contribution < -0.4 is 5.73 Å². The van der Waals surface area contributed by atoms with Crippen LogP contribution >= 0.6 is 0 Å². The predicted molar refractivity (Wildman–Crippen MR) is 63.1 cm³/mol. The van der Waals surface area contributed by atoms with Gasteiger partial charge in [-0.25, -0.2) is 4.68 Å². The number of hydrogen-bond donors (Lipinski definition) is 1. The van der Waals surface area contributed by atoms with E-state index >= 15 is 0 Å². The van der Waals surface area contributed by atoms with E-state index in [9.17, 15) is 13.2 Å². The van der Waals surface area contributed by atoms with Crippen molar-refractivity contribution < 1.29 is 13.2 Å². The fourth-order valence-electron chi connectivity index (χ4n) is 1.66. The van der Waals surface area contributed by atoms with E-state index in [-0.39, 0.29) is 12.4 Å². The number of aryl methyl sites for hydroxylation is 2. The SMILES string of the molecule is Cc1cccc(-c2nnnn2CCC(F)(F)F)c1N. The molecule has 0 saturated heterocycles. The molecule has 0 fully saturated rings. The molecule has 0 saturated carbocycles. The molecule has 0 amide bonds. The van der Waals surface area contributed by atoms with Crippen molar-refractivity contribution in [2.24, 2.45) is 0 Å². The topological polar surface area (TPSA) is 69.6 Å². The Morgan fingerprint density at radius 2 is 2.05 bits per heavy atom. The highest BCUT2D eigenvalue weighted by Gasteiger charge is 2.27. The number of nitrogens with zero attached hydrogens (tertiary/aromatic N) is 4. The van der Waals surface area contributed by atoms with Gasteiger partial charge in [0.15, 0.2) is 5.82 Å². The zero-order valence-electron chi connectivity index (χ0n) is 10.1. The van der Waals surface area contributed by atoms with Crippen molar-refractivity contribution in [1.82, 2.24) is 20.2 Å². The number of benzene rings is 1. The number of hydrogen-bond acceptors (Lipinski definition) is 4. The molecule has 0 aliphatic heterocycles. The number of alkyl halides is 3. The van der Waals surface area contributed by atoms with Crippen molar-refractivity contribution in [2.75, 3.05) is 5.73 Å². The number of rotatable bonds is 3. The van der Waals surface area contributed by atoms with E-state index in [1.54, 1.807) is 12.1 Å². The summed E-state index contributed by atoms with van der Waals surface area (Å²) in [6.07, 6.45) is -5.24. The lowest BCUT2D eigenvalue weighted by Crippen LogP contribution is -2.14. The van der Waals surface area contributed by atoms with E-state index in [2.05, 4.69) is 15.5 Å². The summed E-state index contributed by atoms with van der Waals surface area (Å²) in [5.74, 6) is 0.241. The van der Waals surface area contributed by atoms with Crippen LogP contribution in [0, 0.1) is 6.92 Å². The maximum atomic E-state index is 12.2. The molecule has 2 N–H and O–H groups in total. The fourth-order valence-corrected chi connectivity index (χ4v) is 1.66. The minimum Gasteiger partial charge on any atom is -0.398 e. The Morgan fingerprint density at radius 3 is 2.74 bits per heavy atom. The molecule has 0 aliphatic carbocycles. The first-order valence-electron chi connectivity index (χ1n) is 5.57. The largest absolute Gasteiger partial charge is 0.398 e. The lowest BCUT2D eigenvalue weighted by atomic mass is 10.1. The van der Waals surface area contributed by atoms with Crippen LogP contribution in [0.4, 0.5) is 18.9 Å². The van der Waals surface area contributed by atoms with Gasteiger partial charge >= 0.3 is 6.18 Å². The van der Waals surface area contributed by atoms with Gasteiger partial charge < -0.3 is 5.73 Å². The molecular formula is C11H12F3N5. The van der Waals surface area contributed by atoms with Crippen LogP contribution in [0.3, 0.4) is 0 Å². The second-order valence-electron chi connectivity index (χ2n) is 4.13. The zero-order valence-corrected chi connectivity index (χ0v) is 10.1. The molecular weight excluding hydrogens is 259 g/mol. The highest BCUT2D eigenvalue weighted by atomic mass is 19.4. The van der Waals surface area contributed by atoms with E-state index in [0.29, 0.717) is 11.3 Å². The minimum absolute atomic E-state index is 0.241. The number of nitrogens with two attached hydrogens (primary N) is 1. The maximum absolute atomic E-state index is 12.2. The average molecular weight is 271 g/mol. The lowest BCUT2D eigenvalue weighted by Gasteiger charge is -2.10. The van der Waals surface area contributed by atoms with Gasteiger partial charge in [-0.2, -0.15) is 13.2 Å². The molecule has 8 heteroatoms. The summed E-state index contributed by atoms with van der Waals surface area (Å²) < 4.78 is 37.8. The number of aromatic nitrogens is 4. The predicted octanol–water partition coefficient (Wildman–Crippen LogP) is 2.18. The van der Waals surface area contributed by atoms with Crippen LogP contribution in [0.2, 0.25) is 0 Å². The third kappa shape index (κ3) is 3.01. The molecule has 2 aromatic rings. The molecule has 1 heterocycles. The summed E-state index contributed by atoms with van der Waals surface area (Å²) in [4.78, 5) is 0. The standard InChI is InChI=1S/C11H12F3N5/c1-7-3-2-4-8(9(7)15)10-16-17-18-19(10)6-5-11(12,13)14/h2-4H,5-6,15H2,1H3. The average Bonchev–Trinajstić information content (AvgIpc) is 2.77. The first kappa shape index (κ1) is 13.3. The number of para-hydroxylation sites is 1. The van der Waals surface area contributed by atoms with Gasteiger partial charge in [-0.15, -0.1) is 5.10 Å². The quantitative estimate of drug-likeness (QED) is 0.869. The van der Waals surface area contributed by atoms with E-state index in [0.717, 1.165) is 10.2 Å². The van der Waals surface area contributed by atoms with E-state index in [4.69, 9.17) is 5.73 Å². The van der Waals surface area contributed by atoms with Crippen LogP contribution in [-0.2, 0) is 6.54 Å². The van der Waals surface area contributed by atoms with Crippen LogP contribution in [0.1, 0.15) is 12.0 Å². The molecule has 102 valence electrons. The highest BCUT2D eigenvalue weighted by molar-refractivity contribution is 5.73. The summed E-state index contributed by atoms with van der Waals surface area (Å²) in [6.45, 7) is 1.47. The van der Waals surface area contributed by atoms with Crippen molar-refractivity contribution in [3.05, 3.63) is 23.8 Å². The summed E-state index contributed by atoms with van der Waals surface area (Å²) in [5, 5.41) is 10.7. The number of halogens is 3. The first-order valence-corrected chi connectivity index (χ1v) is 5.57. The van der Waals surface area contributed by atoms with E-state index in [1.165, 1.54) is 0 Å². The van der Waals surface area contributed by atoms with Crippen molar-refractivity contribution in [1.29, 1.82) is 0 Å². The van der Waals surface area contributed by atoms with Gasteiger partial charge in [0, 0.05) is 11.3 Å². The van der Waals surface area contributed by atoms with Crippen LogP contribution in [-0.4, -0.2) is 26.4 Å². The molecule has 0 unspecified atom stereocenters. The van der Waals surface area contributed by atoms with E-state index < -0.39 is 12.6 Å². The summed E-state index contributed by atoms with van der Waals surface area (Å²) in [5.41, 5.74) is 7.71. The van der Waals surface area contributed by atoms with Crippen molar-refractivity contribution in [3.63, 3.8) is 0 Å². The molecule has 0 atom stereocenters. The Hall–Kier alpha value is -2.12. The Morgan fingerprint density at radius 1 is 1.32 bits per heavy atom. The van der Waals surface area contributed by atoms with Crippen molar-refractivity contribution in [3.8, 4) is 11.4 Å². The van der Waals surface area contributed by atoms with Crippen LogP contribution in [0.5, 0.6) is 0 Å². The zero-order chi connectivity index (χ0) is 14.0. The van der Waals surface area contributed by atoms with Gasteiger partial charge in [-0.3, -0.25) is 0 Å². The summed E-state index contributed by atoms with van der Waals surface area (Å²) in [7, 11) is 0. The number of nitrogen functional groups attached to an aromatic ring is 1. The van der Waals surface area contributed by atoms with Gasteiger partial charge in [0.25, 0.3) is 0 Å². The minimum atomic E-state index is -4.25. The van der Waals surface area contributed by atoms with Crippen molar-refractivity contribution >= 4 is 5.69 Å². The lowest BCUT2D eigenvalue weighted by molar-refractivity contribution is -0.137. The monoisotopic (exact) mass is 271 g/mol. The molecule has 2 rings (SSSR count). The third-order valence-corrected chi connectivity index (χ3v) is 2.70. The second kappa shape index (κ2) is 4.87. The van der Waals surface area contributed by atoms with E-state index in [1.807, 2.05) is 13.0 Å². The number of tetrazole rings is 1. The van der Waals surface area contributed by atoms with Gasteiger partial charge in [-0.1, -0.05) is 12.1 Å². The van der Waals surface area contributed by atoms with Crippen LogP contribution in [0.25, 0.3) is 11.4 Å². The fraction of sp³-hybridized carbons (Fsp3) is 0.364. The summed E-state index contributed by atoms with van der Waals surface area (Å²) >= 11 is 0. The molecule has 0 bridgehead atoms. The molecule has 1 aromatic heterocycles. The van der Waals surface area contributed by atoms with Gasteiger partial charge in [0.2, 0.25) is 0 Å². The third-order valence-electron chi connectivity index (χ3n) is 2.70. The normalized spacial score (nSPS) is 11.8. The van der Waals surface area contributed by atoms with Crippen molar-refractivity contribution in [2.45, 2.75) is 26.1 Å². The van der Waals surface area contributed by atoms with Gasteiger partial charge in [0.1, 0.15) is 0 Å². The van der Waals surface area contributed by atoms with Gasteiger partial charge in [0.05, 0.1) is 13.0 Å². The summed E-state index contributed by atoms with van der Waals surface area (Å²) in [6, 6.07) is 5.24. The van der Waals surface area contributed by atoms with Gasteiger partial charge in [-0.05, 0) is 29.0 Å². The molecule has 19 heavy (non-hydrogen) atoms. The Kier molecular flexibility index (Phi) is 3.41. The second-order valence-corrected chi connectivity index (χ2v) is 4.13. The molecule has 5 nitrogen and oxygen atoms in total. The Labute approximate surface area is 107 Å². The first-order chi connectivity index (χ1) is 8.88. The Balaban J connectivity index is 2.31. The smallest absolute Gasteiger partial charge is 0.390 e. The molecule has 0 radical (unpaired) electrons. The molecule has 0 aliphatic rings. The molecule has 1 aromatic carbocycles.